The molecule has 3 aromatic heterocycles. The van der Waals surface area contributed by atoms with Crippen molar-refractivity contribution in [1.29, 1.82) is 0 Å². The number of carbonyl (C=O) groups excluding carboxylic acids is 1. The molecule has 43 heavy (non-hydrogen) atoms. The van der Waals surface area contributed by atoms with Gasteiger partial charge in [0.1, 0.15) is 11.5 Å². The summed E-state index contributed by atoms with van der Waals surface area (Å²) in [7, 11) is 0. The second-order valence-corrected chi connectivity index (χ2v) is 10.7. The van der Waals surface area contributed by atoms with E-state index in [1.807, 2.05) is 85.5 Å². The number of rotatable bonds is 10. The van der Waals surface area contributed by atoms with Crippen molar-refractivity contribution < 1.29 is 14.3 Å². The van der Waals surface area contributed by atoms with E-state index in [1.165, 1.54) is 0 Å². The molecule has 0 aliphatic carbocycles. The largest absolute Gasteiger partial charge is 0.414 e. The molecule has 10 nitrogen and oxygen atoms in total. The number of amides is 1. The van der Waals surface area contributed by atoms with Crippen molar-refractivity contribution in [2.24, 2.45) is 0 Å². The number of hydrogen-bond donors (Lipinski definition) is 3. The summed E-state index contributed by atoms with van der Waals surface area (Å²) >= 11 is 0. The van der Waals surface area contributed by atoms with Crippen LogP contribution in [0.4, 0.5) is 17.2 Å². The lowest BCUT2D eigenvalue weighted by Gasteiger charge is -2.31. The Balaban J connectivity index is 1.35. The Morgan fingerprint density at radius 2 is 1.79 bits per heavy atom. The van der Waals surface area contributed by atoms with Gasteiger partial charge in [-0.3, -0.25) is 9.78 Å². The second kappa shape index (κ2) is 11.5. The van der Waals surface area contributed by atoms with Crippen LogP contribution < -0.4 is 10.6 Å². The SMILES string of the molecule is C=CCN1C(=O)c2ccc(Nc3cc(N[C@H](CO)c4ccccc4)c(-c4nnc(-c5ccccn5)o4)cn3)cc2C1(C)C. The van der Waals surface area contributed by atoms with Crippen LogP contribution in [0.2, 0.25) is 0 Å². The number of aliphatic hydroxyl groups excluding tert-OH is 1. The predicted molar refractivity (Wildman–Crippen MR) is 165 cm³/mol. The molecule has 0 saturated heterocycles. The minimum Gasteiger partial charge on any atom is -0.414 e. The first-order chi connectivity index (χ1) is 20.9. The number of benzene rings is 2. The van der Waals surface area contributed by atoms with Gasteiger partial charge >= 0.3 is 0 Å². The maximum Gasteiger partial charge on any atom is 0.266 e. The van der Waals surface area contributed by atoms with E-state index in [2.05, 4.69) is 37.4 Å². The fourth-order valence-corrected chi connectivity index (χ4v) is 5.29. The highest BCUT2D eigenvalue weighted by atomic mass is 16.4. The highest BCUT2D eigenvalue weighted by Crippen LogP contribution is 2.40. The van der Waals surface area contributed by atoms with E-state index in [-0.39, 0.29) is 24.3 Å². The zero-order valence-corrected chi connectivity index (χ0v) is 23.9. The van der Waals surface area contributed by atoms with Crippen molar-refractivity contribution in [3.63, 3.8) is 0 Å². The van der Waals surface area contributed by atoms with Crippen LogP contribution >= 0.6 is 0 Å². The third-order valence-electron chi connectivity index (χ3n) is 7.57. The summed E-state index contributed by atoms with van der Waals surface area (Å²) < 4.78 is 6.00. The first-order valence-electron chi connectivity index (χ1n) is 13.9. The van der Waals surface area contributed by atoms with Gasteiger partial charge in [0.05, 0.1) is 29.4 Å². The van der Waals surface area contributed by atoms with Crippen molar-refractivity contribution in [1.82, 2.24) is 25.1 Å². The van der Waals surface area contributed by atoms with Crippen molar-refractivity contribution in [3.8, 4) is 23.0 Å². The van der Waals surface area contributed by atoms with E-state index in [0.717, 1.165) is 16.8 Å². The van der Waals surface area contributed by atoms with Crippen LogP contribution in [0.3, 0.4) is 0 Å². The summed E-state index contributed by atoms with van der Waals surface area (Å²) in [5.41, 5.74) is 4.56. The standard InChI is InChI=1S/C33H31N7O3/c1-4-16-40-32(42)23-14-13-22(17-25(23)33(40,2)3)36-29-18-27(37-28(20-41)21-10-6-5-7-11-21)24(19-35-29)30-38-39-31(43-30)26-12-8-9-15-34-26/h4-15,17-19,28,41H,1,16,20H2,2-3H3,(H2,35,36,37)/t28-/m1/s1. The number of pyridine rings is 2. The number of anilines is 3. The number of carbonyl (C=O) groups is 1. The molecule has 2 aromatic carbocycles. The summed E-state index contributed by atoms with van der Waals surface area (Å²) in [6.45, 7) is 8.18. The van der Waals surface area contributed by atoms with Crippen LogP contribution in [-0.2, 0) is 5.54 Å². The Morgan fingerprint density at radius 3 is 2.53 bits per heavy atom. The molecule has 10 heteroatoms. The van der Waals surface area contributed by atoms with Gasteiger partial charge in [0.2, 0.25) is 0 Å². The Morgan fingerprint density at radius 1 is 1.00 bits per heavy atom. The third kappa shape index (κ3) is 5.35. The molecule has 0 bridgehead atoms. The quantitative estimate of drug-likeness (QED) is 0.173. The molecule has 0 saturated carbocycles. The molecule has 0 unspecified atom stereocenters. The average molecular weight is 574 g/mol. The van der Waals surface area contributed by atoms with Gasteiger partial charge in [-0.05, 0) is 55.3 Å². The molecule has 1 amide bonds. The highest BCUT2D eigenvalue weighted by molar-refractivity contribution is 6.00. The van der Waals surface area contributed by atoms with Gasteiger partial charge in [0.15, 0.2) is 0 Å². The lowest BCUT2D eigenvalue weighted by molar-refractivity contribution is 0.0652. The topological polar surface area (TPSA) is 129 Å². The van der Waals surface area contributed by atoms with Crippen LogP contribution in [-0.4, -0.2) is 49.2 Å². The fourth-order valence-electron chi connectivity index (χ4n) is 5.29. The molecule has 0 fully saturated rings. The number of aromatic nitrogens is 4. The van der Waals surface area contributed by atoms with Crippen molar-refractivity contribution in [2.75, 3.05) is 23.8 Å². The monoisotopic (exact) mass is 573 g/mol. The van der Waals surface area contributed by atoms with Crippen molar-refractivity contribution in [3.05, 3.63) is 115 Å². The van der Waals surface area contributed by atoms with Gasteiger partial charge in [-0.25, -0.2) is 4.98 Å². The Kier molecular flexibility index (Phi) is 7.43. The van der Waals surface area contributed by atoms with Crippen LogP contribution in [0.5, 0.6) is 0 Å². The lowest BCUT2D eigenvalue weighted by Crippen LogP contribution is -2.39. The number of fused-ring (bicyclic) bond motifs is 1. The van der Waals surface area contributed by atoms with Crippen LogP contribution in [0, 0.1) is 0 Å². The zero-order valence-electron chi connectivity index (χ0n) is 23.9. The molecule has 0 spiro atoms. The molecule has 0 radical (unpaired) electrons. The molecule has 4 heterocycles. The molecule has 1 aliphatic heterocycles. The van der Waals surface area contributed by atoms with Gasteiger partial charge in [-0.15, -0.1) is 16.8 Å². The van der Waals surface area contributed by atoms with Gasteiger partial charge < -0.3 is 25.1 Å². The molecule has 1 atom stereocenters. The maximum absolute atomic E-state index is 13.0. The number of nitrogens with zero attached hydrogens (tertiary/aromatic N) is 5. The first kappa shape index (κ1) is 27.8. The summed E-state index contributed by atoms with van der Waals surface area (Å²) in [4.78, 5) is 23.8. The summed E-state index contributed by atoms with van der Waals surface area (Å²) in [5, 5.41) is 25.5. The first-order valence-corrected chi connectivity index (χ1v) is 13.9. The predicted octanol–water partition coefficient (Wildman–Crippen LogP) is 5.96. The summed E-state index contributed by atoms with van der Waals surface area (Å²) in [5.74, 6) is 1.07. The molecule has 216 valence electrons. The van der Waals surface area contributed by atoms with Gasteiger partial charge in [-0.1, -0.05) is 42.5 Å². The summed E-state index contributed by atoms with van der Waals surface area (Å²) in [6.07, 6.45) is 5.04. The van der Waals surface area contributed by atoms with E-state index < -0.39 is 11.6 Å². The number of hydrogen-bond acceptors (Lipinski definition) is 9. The number of nitrogens with one attached hydrogen (secondary N) is 2. The molecule has 3 N–H and O–H groups in total. The highest BCUT2D eigenvalue weighted by Gasteiger charge is 2.42. The number of aliphatic hydroxyl groups is 1. The van der Waals surface area contributed by atoms with E-state index in [9.17, 15) is 9.90 Å². The summed E-state index contributed by atoms with van der Waals surface area (Å²) in [6, 6.07) is 22.2. The maximum atomic E-state index is 13.0. The molecule has 5 aromatic rings. The third-order valence-corrected chi connectivity index (χ3v) is 7.57. The van der Waals surface area contributed by atoms with Crippen molar-refractivity contribution >= 4 is 23.1 Å². The zero-order chi connectivity index (χ0) is 30.0. The Bertz CT molecular complexity index is 1770. The average Bonchev–Trinajstić information content (AvgIpc) is 3.59. The van der Waals surface area contributed by atoms with E-state index in [0.29, 0.717) is 34.9 Å². The smallest absolute Gasteiger partial charge is 0.266 e. The molecular weight excluding hydrogens is 542 g/mol. The Hall–Kier alpha value is -5.35. The molecular formula is C33H31N7O3. The second-order valence-electron chi connectivity index (χ2n) is 10.7. The minimum atomic E-state index is -0.490. The van der Waals surface area contributed by atoms with Gasteiger partial charge in [0, 0.05) is 36.3 Å². The minimum absolute atomic E-state index is 0.0130. The van der Waals surface area contributed by atoms with Crippen molar-refractivity contribution in [2.45, 2.75) is 25.4 Å². The van der Waals surface area contributed by atoms with Crippen LogP contribution in [0.25, 0.3) is 23.0 Å². The fraction of sp³-hybridized carbons (Fsp3) is 0.182. The van der Waals surface area contributed by atoms with Gasteiger partial charge in [-0.2, -0.15) is 0 Å². The van der Waals surface area contributed by atoms with E-state index in [4.69, 9.17) is 4.42 Å². The molecule has 1 aliphatic rings. The Labute approximate surface area is 249 Å². The molecule has 6 rings (SSSR count). The van der Waals surface area contributed by atoms with Crippen LogP contribution in [0.1, 0.15) is 41.4 Å². The van der Waals surface area contributed by atoms with Crippen LogP contribution in [0.15, 0.2) is 102 Å². The van der Waals surface area contributed by atoms with E-state index in [1.54, 1.807) is 24.5 Å². The lowest BCUT2D eigenvalue weighted by atomic mass is 9.93. The van der Waals surface area contributed by atoms with Gasteiger partial charge in [0.25, 0.3) is 17.7 Å². The normalized spacial score (nSPS) is 14.3. The van der Waals surface area contributed by atoms with E-state index >= 15 is 0 Å².